The predicted molar refractivity (Wildman–Crippen MR) is 143 cm³/mol. The number of nitrogens with one attached hydrogen (secondary N) is 2. The van der Waals surface area contributed by atoms with Crippen LogP contribution in [0.1, 0.15) is 28.0 Å². The maximum Gasteiger partial charge on any atom is 0.227 e. The molecule has 0 radical (unpaired) electrons. The largest absolute Gasteiger partial charge is 0.497 e. The maximum atomic E-state index is 13.0. The summed E-state index contributed by atoms with van der Waals surface area (Å²) >= 11 is 0. The summed E-state index contributed by atoms with van der Waals surface area (Å²) in [6.45, 7) is 2.01. The van der Waals surface area contributed by atoms with E-state index in [1.165, 1.54) is 0 Å². The molecule has 0 saturated heterocycles. The summed E-state index contributed by atoms with van der Waals surface area (Å²) in [6.07, 6.45) is 6.27. The van der Waals surface area contributed by atoms with E-state index < -0.39 is 0 Å². The van der Waals surface area contributed by atoms with Crippen LogP contribution in [0.5, 0.6) is 11.5 Å². The number of fused-ring (bicyclic) bond motifs is 1. The minimum Gasteiger partial charge on any atom is -0.497 e. The molecule has 9 heteroatoms. The molecule has 9 nitrogen and oxygen atoms in total. The van der Waals surface area contributed by atoms with Crippen molar-refractivity contribution in [1.29, 1.82) is 0 Å². The zero-order chi connectivity index (χ0) is 25.9. The molecule has 37 heavy (non-hydrogen) atoms. The Morgan fingerprint density at radius 2 is 1.92 bits per heavy atom. The molecule has 5 rings (SSSR count). The quantitative estimate of drug-likeness (QED) is 0.269. The molecule has 0 bridgehead atoms. The van der Waals surface area contributed by atoms with E-state index >= 15 is 0 Å². The Labute approximate surface area is 214 Å². The van der Waals surface area contributed by atoms with E-state index in [1.54, 1.807) is 26.7 Å². The van der Waals surface area contributed by atoms with Gasteiger partial charge in [-0.3, -0.25) is 4.79 Å². The Bertz CT molecular complexity index is 1590. The lowest BCUT2D eigenvalue weighted by Crippen LogP contribution is -2.03. The lowest BCUT2D eigenvalue weighted by Gasteiger charge is -2.09. The molecule has 2 aromatic carbocycles. The van der Waals surface area contributed by atoms with Crippen molar-refractivity contribution in [2.24, 2.45) is 7.05 Å². The van der Waals surface area contributed by atoms with Crippen LogP contribution in [0.25, 0.3) is 22.3 Å². The normalized spacial score (nSPS) is 11.0. The Hall–Kier alpha value is -4.66. The number of anilines is 2. The van der Waals surface area contributed by atoms with Crippen molar-refractivity contribution in [2.45, 2.75) is 19.8 Å². The molecule has 0 aliphatic heterocycles. The van der Waals surface area contributed by atoms with Gasteiger partial charge in [-0.05, 0) is 54.8 Å². The van der Waals surface area contributed by atoms with Crippen LogP contribution in [0.3, 0.4) is 0 Å². The van der Waals surface area contributed by atoms with Crippen molar-refractivity contribution >= 4 is 28.3 Å². The molecule has 5 aromatic rings. The SMILES string of the molecule is COc1ccc(CCC(=O)c2cc3cc(Nc4nccc(-c5cn(C)cn5)n4)cc(C)c3[nH]2)c(OC)c1. The van der Waals surface area contributed by atoms with E-state index in [9.17, 15) is 4.79 Å². The highest BCUT2D eigenvalue weighted by Gasteiger charge is 2.14. The van der Waals surface area contributed by atoms with Gasteiger partial charge < -0.3 is 24.3 Å². The summed E-state index contributed by atoms with van der Waals surface area (Å²) in [7, 11) is 5.15. The molecule has 0 atom stereocenters. The van der Waals surface area contributed by atoms with Crippen LogP contribution in [0.15, 0.2) is 61.2 Å². The number of aromatic nitrogens is 5. The molecule has 3 heterocycles. The van der Waals surface area contributed by atoms with E-state index in [2.05, 4.69) is 25.3 Å². The second-order valence-corrected chi connectivity index (χ2v) is 8.86. The monoisotopic (exact) mass is 496 g/mol. The molecule has 0 amide bonds. The third kappa shape index (κ3) is 5.16. The number of imidazole rings is 1. The van der Waals surface area contributed by atoms with Crippen LogP contribution in [0.4, 0.5) is 11.6 Å². The van der Waals surface area contributed by atoms with Crippen molar-refractivity contribution in [3.63, 3.8) is 0 Å². The fourth-order valence-electron chi connectivity index (χ4n) is 4.32. The fourth-order valence-corrected chi connectivity index (χ4v) is 4.32. The van der Waals surface area contributed by atoms with E-state index in [0.717, 1.165) is 44.9 Å². The van der Waals surface area contributed by atoms with Crippen molar-refractivity contribution in [2.75, 3.05) is 19.5 Å². The van der Waals surface area contributed by atoms with Gasteiger partial charge in [0.25, 0.3) is 0 Å². The van der Waals surface area contributed by atoms with Gasteiger partial charge in [0, 0.05) is 48.5 Å². The number of H-pyrrole nitrogens is 1. The molecule has 0 spiro atoms. The molecule has 188 valence electrons. The van der Waals surface area contributed by atoms with E-state index in [-0.39, 0.29) is 5.78 Å². The van der Waals surface area contributed by atoms with Gasteiger partial charge in [-0.1, -0.05) is 6.07 Å². The lowest BCUT2D eigenvalue weighted by atomic mass is 10.0. The minimum atomic E-state index is 0.0365. The number of aryl methyl sites for hydroxylation is 3. The van der Waals surface area contributed by atoms with Crippen LogP contribution < -0.4 is 14.8 Å². The number of methoxy groups -OCH3 is 2. The van der Waals surface area contributed by atoms with Crippen LogP contribution in [-0.2, 0) is 13.5 Å². The lowest BCUT2D eigenvalue weighted by molar-refractivity contribution is 0.0978. The van der Waals surface area contributed by atoms with Gasteiger partial charge in [-0.2, -0.15) is 0 Å². The topological polar surface area (TPSA) is 107 Å². The number of hydrogen-bond donors (Lipinski definition) is 2. The Morgan fingerprint density at radius 1 is 1.05 bits per heavy atom. The van der Waals surface area contributed by atoms with Gasteiger partial charge >= 0.3 is 0 Å². The number of carbonyl (C=O) groups excluding carboxylic acids is 1. The van der Waals surface area contributed by atoms with E-state index in [1.807, 2.05) is 67.2 Å². The smallest absolute Gasteiger partial charge is 0.227 e. The fraction of sp³-hybridized carbons (Fsp3) is 0.214. The van der Waals surface area contributed by atoms with Crippen LogP contribution in [-0.4, -0.2) is 44.5 Å². The summed E-state index contributed by atoms with van der Waals surface area (Å²) in [6, 6.07) is 13.4. The number of rotatable bonds is 9. The Morgan fingerprint density at radius 3 is 2.68 bits per heavy atom. The van der Waals surface area contributed by atoms with Crippen LogP contribution >= 0.6 is 0 Å². The highest BCUT2D eigenvalue weighted by molar-refractivity contribution is 6.00. The second-order valence-electron chi connectivity index (χ2n) is 8.86. The Kier molecular flexibility index (Phi) is 6.59. The van der Waals surface area contributed by atoms with Crippen molar-refractivity contribution in [3.8, 4) is 22.9 Å². The highest BCUT2D eigenvalue weighted by Crippen LogP contribution is 2.28. The van der Waals surface area contributed by atoms with Crippen LogP contribution in [0.2, 0.25) is 0 Å². The van der Waals surface area contributed by atoms with Crippen molar-refractivity contribution < 1.29 is 14.3 Å². The molecule has 3 aromatic heterocycles. The first-order valence-corrected chi connectivity index (χ1v) is 11.9. The van der Waals surface area contributed by atoms with E-state index in [0.29, 0.717) is 30.2 Å². The molecule has 0 saturated carbocycles. The first kappa shape index (κ1) is 24.1. The third-order valence-electron chi connectivity index (χ3n) is 6.22. The van der Waals surface area contributed by atoms with Gasteiger partial charge in [-0.15, -0.1) is 0 Å². The van der Waals surface area contributed by atoms with Gasteiger partial charge in [0.15, 0.2) is 5.78 Å². The number of Topliss-reactive ketones (excluding diaryl/α,β-unsaturated/α-hetero) is 1. The average Bonchev–Trinajstić information content (AvgIpc) is 3.54. The van der Waals surface area contributed by atoms with E-state index in [4.69, 9.17) is 9.47 Å². The maximum absolute atomic E-state index is 13.0. The summed E-state index contributed by atoms with van der Waals surface area (Å²) in [4.78, 5) is 29.6. The van der Waals surface area contributed by atoms with Gasteiger partial charge in [-0.25, -0.2) is 15.0 Å². The molecule has 0 aliphatic carbocycles. The van der Waals surface area contributed by atoms with Gasteiger partial charge in [0.2, 0.25) is 5.95 Å². The standard InChI is InChI=1S/C28H28N6O3/c1-17-11-20(31-28-29-10-9-22(33-28)24-15-34(2)16-30-24)12-19-13-23(32-27(17)19)25(35)8-6-18-5-7-21(36-3)14-26(18)37-4/h5,7,9-16,32H,6,8H2,1-4H3,(H,29,31,33). The number of ketones is 1. The number of benzene rings is 2. The molecule has 2 N–H and O–H groups in total. The van der Waals surface area contributed by atoms with Crippen molar-refractivity contribution in [3.05, 3.63) is 78.0 Å². The zero-order valence-corrected chi connectivity index (χ0v) is 21.2. The van der Waals surface area contributed by atoms with Crippen LogP contribution in [0, 0.1) is 6.92 Å². The predicted octanol–water partition coefficient (Wildman–Crippen LogP) is 5.24. The van der Waals surface area contributed by atoms with Crippen molar-refractivity contribution in [1.82, 2.24) is 24.5 Å². The Balaban J connectivity index is 1.33. The second kappa shape index (κ2) is 10.1. The highest BCUT2D eigenvalue weighted by atomic mass is 16.5. The summed E-state index contributed by atoms with van der Waals surface area (Å²) in [5, 5.41) is 4.22. The average molecular weight is 497 g/mol. The first-order valence-electron chi connectivity index (χ1n) is 11.9. The molecular weight excluding hydrogens is 468 g/mol. The summed E-state index contributed by atoms with van der Waals surface area (Å²) in [5.74, 6) is 1.94. The number of carbonyl (C=O) groups is 1. The number of aromatic amines is 1. The molecule has 0 fully saturated rings. The zero-order valence-electron chi connectivity index (χ0n) is 21.2. The molecule has 0 aliphatic rings. The first-order chi connectivity index (χ1) is 17.9. The molecular formula is C28H28N6O3. The van der Waals surface area contributed by atoms with Gasteiger partial charge in [0.05, 0.1) is 31.9 Å². The number of hydrogen-bond acceptors (Lipinski definition) is 7. The third-order valence-corrected chi connectivity index (χ3v) is 6.22. The molecule has 0 unspecified atom stereocenters. The number of nitrogens with zero attached hydrogens (tertiary/aromatic N) is 4. The minimum absolute atomic E-state index is 0.0365. The summed E-state index contributed by atoms with van der Waals surface area (Å²) < 4.78 is 12.6. The number of ether oxygens (including phenoxy) is 2. The van der Waals surface area contributed by atoms with Gasteiger partial charge in [0.1, 0.15) is 17.2 Å². The summed E-state index contributed by atoms with van der Waals surface area (Å²) in [5.41, 5.74) is 5.83.